The van der Waals surface area contributed by atoms with Crippen LogP contribution in [0, 0.1) is 48.5 Å². The maximum Gasteiger partial charge on any atom is 1.00 e. The van der Waals surface area contributed by atoms with Crippen LogP contribution in [0.3, 0.4) is 0 Å². The summed E-state index contributed by atoms with van der Waals surface area (Å²) in [6.45, 7) is 19.6. The third-order valence-corrected chi connectivity index (χ3v) is 7.48. The van der Waals surface area contributed by atoms with Crippen molar-refractivity contribution in [2.45, 2.75) is 74.8 Å². The summed E-state index contributed by atoms with van der Waals surface area (Å²) in [6.07, 6.45) is 0.780. The van der Waals surface area contributed by atoms with Crippen LogP contribution in [0.1, 0.15) is 68.7 Å². The zero-order valence-corrected chi connectivity index (χ0v) is 32.1. The van der Waals surface area contributed by atoms with Gasteiger partial charge in [-0.05, 0) is 83.7 Å². The van der Waals surface area contributed by atoms with Gasteiger partial charge < -0.3 is 20.1 Å². The fourth-order valence-electron chi connectivity index (χ4n) is 5.63. The van der Waals surface area contributed by atoms with Gasteiger partial charge in [-0.2, -0.15) is 0 Å². The minimum Gasteiger partial charge on any atom is -0.678 e. The Balaban J connectivity index is 0.00000230. The molecule has 0 saturated carbocycles. The van der Waals surface area contributed by atoms with Crippen LogP contribution in [0.25, 0.3) is 5.32 Å². The number of rotatable bonds is 12. The van der Waals surface area contributed by atoms with Crippen molar-refractivity contribution in [2.75, 3.05) is 19.8 Å². The Hall–Kier alpha value is -2.61. The predicted octanol–water partition coefficient (Wildman–Crippen LogP) is 6.38. The number of carbonyl (C=O) groups is 1. The summed E-state index contributed by atoms with van der Waals surface area (Å²) in [4.78, 5) is 12.8. The van der Waals surface area contributed by atoms with Crippen molar-refractivity contribution in [3.8, 4) is 11.5 Å². The van der Waals surface area contributed by atoms with Gasteiger partial charge in [-0.15, -0.1) is 5.69 Å². The Kier molecular flexibility index (Phi) is 16.4. The molecule has 0 aliphatic heterocycles. The van der Waals surface area contributed by atoms with Gasteiger partial charge in [0.1, 0.15) is 18.1 Å². The quantitative estimate of drug-likeness (QED) is 0.146. The smallest absolute Gasteiger partial charge is 0.678 e. The van der Waals surface area contributed by atoms with Crippen molar-refractivity contribution < 1.29 is 65.7 Å². The molecule has 0 fully saturated rings. The van der Waals surface area contributed by atoms with E-state index >= 15 is 0 Å². The molecule has 4 aromatic rings. The van der Waals surface area contributed by atoms with Gasteiger partial charge in [0.05, 0.1) is 13.2 Å². The van der Waals surface area contributed by atoms with Crippen molar-refractivity contribution >= 4 is 11.6 Å². The van der Waals surface area contributed by atoms with E-state index in [0.29, 0.717) is 19.8 Å². The van der Waals surface area contributed by atoms with Gasteiger partial charge in [0.15, 0.2) is 0 Å². The van der Waals surface area contributed by atoms with Crippen LogP contribution in [0.2, 0.25) is 0 Å². The number of aryl methyl sites for hydroxylation is 6. The molecular weight excluding hydrogens is 584 g/mol. The normalized spacial score (nSPS) is 11.0. The third kappa shape index (κ3) is 11.3. The molecule has 4 rings (SSSR count). The number of nitrogens with zero attached hydrogens (tertiary/aromatic N) is 1. The molecule has 6 heteroatoms. The van der Waals surface area contributed by atoms with E-state index in [1.165, 1.54) is 22.3 Å². The Bertz CT molecular complexity index is 1490. The summed E-state index contributed by atoms with van der Waals surface area (Å²) >= 11 is 0. The van der Waals surface area contributed by atoms with E-state index in [2.05, 4.69) is 62.5 Å². The van der Waals surface area contributed by atoms with E-state index < -0.39 is 0 Å². The molecule has 1 N–H and O–H groups in total. The van der Waals surface area contributed by atoms with Crippen molar-refractivity contribution in [1.82, 2.24) is 5.32 Å². The molecule has 1 atom stereocenters. The van der Waals surface area contributed by atoms with Crippen LogP contribution < -0.4 is 66.2 Å². The molecule has 0 saturated heterocycles. The van der Waals surface area contributed by atoms with Crippen LogP contribution in [0.15, 0.2) is 72.8 Å². The van der Waals surface area contributed by atoms with Crippen molar-refractivity contribution in [3.05, 3.63) is 128 Å². The number of carbonyl (C=O) groups excluding carboxylic acids is 1. The summed E-state index contributed by atoms with van der Waals surface area (Å²) in [6, 6.07) is 24.6. The molecule has 0 heterocycles. The first-order valence-corrected chi connectivity index (χ1v) is 15.7. The zero-order chi connectivity index (χ0) is 32.2. The zero-order valence-electron chi connectivity index (χ0n) is 29.0. The first-order valence-electron chi connectivity index (χ1n) is 15.7. The van der Waals surface area contributed by atoms with Crippen molar-refractivity contribution in [2.24, 2.45) is 0 Å². The van der Waals surface area contributed by atoms with E-state index in [9.17, 15) is 4.79 Å². The molecule has 1 unspecified atom stereocenters. The predicted molar refractivity (Wildman–Crippen MR) is 184 cm³/mol. The van der Waals surface area contributed by atoms with Crippen LogP contribution in [0.4, 0.5) is 5.69 Å². The average Bonchev–Trinajstić information content (AvgIpc) is 2.98. The largest absolute Gasteiger partial charge is 1.00 e. The fraction of sp³-hybridized carbons (Fsp3) is 0.359. The van der Waals surface area contributed by atoms with E-state index in [1.54, 1.807) is 0 Å². The first-order chi connectivity index (χ1) is 21.1. The molecule has 5 nitrogen and oxygen atoms in total. The SMILES string of the molecule is CC.Cc1cc(C)c([N-]C(COc2cccc(OCCNC(=O)c3c(C)cc(C)cc3C)c2C)Cc2ccccc2)c(C)c1.[K+]. The summed E-state index contributed by atoms with van der Waals surface area (Å²) in [5.74, 6) is 1.44. The molecule has 4 aromatic carbocycles. The summed E-state index contributed by atoms with van der Waals surface area (Å²) in [7, 11) is 0. The molecule has 234 valence electrons. The topological polar surface area (TPSA) is 61.7 Å². The van der Waals surface area contributed by atoms with E-state index in [-0.39, 0.29) is 63.3 Å². The second kappa shape index (κ2) is 19.1. The Morgan fingerprint density at radius 3 is 1.84 bits per heavy atom. The van der Waals surface area contributed by atoms with E-state index in [0.717, 1.165) is 51.4 Å². The Morgan fingerprint density at radius 1 is 0.733 bits per heavy atom. The number of benzene rings is 4. The van der Waals surface area contributed by atoms with Gasteiger partial charge in [-0.25, -0.2) is 0 Å². The molecule has 45 heavy (non-hydrogen) atoms. The Labute approximate surface area is 313 Å². The first kappa shape index (κ1) is 38.6. The molecule has 0 spiro atoms. The van der Waals surface area contributed by atoms with E-state index in [1.807, 2.05) is 77.9 Å². The van der Waals surface area contributed by atoms with Gasteiger partial charge in [0.25, 0.3) is 5.91 Å². The number of ether oxygens (including phenoxy) is 2. The molecule has 0 aromatic heterocycles. The van der Waals surface area contributed by atoms with Gasteiger partial charge in [-0.1, -0.05) is 103 Å². The average molecular weight is 633 g/mol. The second-order valence-corrected chi connectivity index (χ2v) is 11.3. The van der Waals surface area contributed by atoms with Crippen LogP contribution >= 0.6 is 0 Å². The summed E-state index contributed by atoms with van der Waals surface area (Å²) in [5, 5.41) is 8.18. The minimum absolute atomic E-state index is 0. The molecule has 1 amide bonds. The van der Waals surface area contributed by atoms with Gasteiger partial charge in [-0.3, -0.25) is 4.79 Å². The van der Waals surface area contributed by atoms with E-state index in [4.69, 9.17) is 14.8 Å². The molecule has 0 radical (unpaired) electrons. The number of hydrogen-bond donors (Lipinski definition) is 1. The van der Waals surface area contributed by atoms with Crippen LogP contribution in [-0.2, 0) is 6.42 Å². The third-order valence-electron chi connectivity index (χ3n) is 7.48. The standard InChI is InChI=1S/C37H43N2O3.C2H6.K/c1-24-18-26(3)35(27(4)19-24)37(40)38-16-17-41-33-14-11-15-34(30(33)7)42-23-32(22-31-12-9-8-10-13-31)39-36-28(5)20-25(2)21-29(36)6;1-2;/h8-15,18-21,32H,16-17,22-23H2,1-7H3,(H,38,40);1-2H3;/q-1;;+1. The number of amides is 1. The van der Waals surface area contributed by atoms with Gasteiger partial charge in [0, 0.05) is 11.1 Å². The maximum atomic E-state index is 12.8. The molecular formula is C39H49KN2O3. The van der Waals surface area contributed by atoms with Crippen LogP contribution in [-0.4, -0.2) is 31.7 Å². The molecule has 0 bridgehead atoms. The molecule has 0 aliphatic rings. The Morgan fingerprint density at radius 2 is 1.27 bits per heavy atom. The second-order valence-electron chi connectivity index (χ2n) is 11.3. The maximum absolute atomic E-state index is 12.8. The monoisotopic (exact) mass is 632 g/mol. The number of hydrogen-bond acceptors (Lipinski definition) is 3. The number of nitrogens with one attached hydrogen (secondary N) is 1. The van der Waals surface area contributed by atoms with Crippen molar-refractivity contribution in [3.63, 3.8) is 0 Å². The van der Waals surface area contributed by atoms with Gasteiger partial charge >= 0.3 is 51.4 Å². The van der Waals surface area contributed by atoms with Gasteiger partial charge in [0.2, 0.25) is 0 Å². The van der Waals surface area contributed by atoms with Crippen molar-refractivity contribution in [1.29, 1.82) is 0 Å². The summed E-state index contributed by atoms with van der Waals surface area (Å²) < 4.78 is 12.4. The summed E-state index contributed by atoms with van der Waals surface area (Å²) in [5.41, 5.74) is 10.6. The molecule has 0 aliphatic carbocycles. The fourth-order valence-corrected chi connectivity index (χ4v) is 5.63. The minimum atomic E-state index is -0.0744. The van der Waals surface area contributed by atoms with Crippen LogP contribution in [0.5, 0.6) is 11.5 Å².